The smallest absolute Gasteiger partial charge is 0.302 e. The summed E-state index contributed by atoms with van der Waals surface area (Å²) in [5.74, 6) is 0.816. The molecule has 1 amide bonds. The standard InChI is InChI=1S/C32H51NO5/c1-19(34)38-24-10-11-30(6)23(27(24,2)3)9-12-32(8)25(30)22(35)17-20-21-18-29(5,26(36)33-37)14-13-28(21,4)15-16-31(20,32)7/h20-21,23-25,37H,9-18H2,1-8H3,(H,33,36)/t20-,21-,23?,24+,25-,28-,29+,30+,31-,32-/m1/s1. The average Bonchev–Trinajstić information content (AvgIpc) is 2.82. The van der Waals surface area contributed by atoms with E-state index >= 15 is 0 Å². The van der Waals surface area contributed by atoms with Crippen molar-refractivity contribution in [2.45, 2.75) is 126 Å². The van der Waals surface area contributed by atoms with Crippen LogP contribution in [0.25, 0.3) is 0 Å². The average molecular weight is 530 g/mol. The van der Waals surface area contributed by atoms with Crippen molar-refractivity contribution in [3.8, 4) is 0 Å². The molecule has 1 unspecified atom stereocenters. The normalized spacial score (nSPS) is 51.5. The SMILES string of the molecule is CC(=O)O[C@H]1CC[C@@]2(C)C(CC[C@]3(C)[C@@H]2C(=O)C[C@@H]2[C@H]4C[C@@](C)(C(=O)NO)CC[C@]4(C)CC[C@]23C)C1(C)C. The molecule has 38 heavy (non-hydrogen) atoms. The van der Waals surface area contributed by atoms with Crippen molar-refractivity contribution >= 4 is 17.7 Å². The Morgan fingerprint density at radius 3 is 2.16 bits per heavy atom. The fourth-order valence-electron chi connectivity index (χ4n) is 11.6. The van der Waals surface area contributed by atoms with Gasteiger partial charge in [0.2, 0.25) is 5.91 Å². The van der Waals surface area contributed by atoms with Crippen molar-refractivity contribution in [2.24, 2.45) is 56.2 Å². The third kappa shape index (κ3) is 3.56. The third-order valence-electron chi connectivity index (χ3n) is 14.1. The molecule has 5 aliphatic carbocycles. The van der Waals surface area contributed by atoms with Crippen LogP contribution in [0.15, 0.2) is 0 Å². The quantitative estimate of drug-likeness (QED) is 0.242. The van der Waals surface area contributed by atoms with Gasteiger partial charge in [0.25, 0.3) is 0 Å². The summed E-state index contributed by atoms with van der Waals surface area (Å²) in [6.07, 6.45) is 9.06. The lowest BCUT2D eigenvalue weighted by Crippen LogP contribution is -2.69. The van der Waals surface area contributed by atoms with Crippen LogP contribution in [0.1, 0.15) is 120 Å². The molecule has 0 heterocycles. The van der Waals surface area contributed by atoms with Gasteiger partial charge in [-0.05, 0) is 97.2 Å². The number of hydrogen-bond acceptors (Lipinski definition) is 5. The van der Waals surface area contributed by atoms with E-state index in [1.807, 2.05) is 12.4 Å². The van der Waals surface area contributed by atoms with Gasteiger partial charge in [-0.1, -0.05) is 48.5 Å². The van der Waals surface area contributed by atoms with Crippen molar-refractivity contribution in [3.63, 3.8) is 0 Å². The van der Waals surface area contributed by atoms with Crippen LogP contribution in [0.5, 0.6) is 0 Å². The lowest BCUT2D eigenvalue weighted by atomic mass is 9.31. The molecule has 5 rings (SSSR count). The van der Waals surface area contributed by atoms with Gasteiger partial charge in [-0.25, -0.2) is 5.48 Å². The zero-order chi connectivity index (χ0) is 28.1. The first kappa shape index (κ1) is 28.1. The van der Waals surface area contributed by atoms with Gasteiger partial charge in [0.1, 0.15) is 11.9 Å². The summed E-state index contributed by atoms with van der Waals surface area (Å²) in [6.45, 7) is 17.7. The molecule has 5 aliphatic rings. The second kappa shape index (κ2) is 8.54. The molecule has 0 aromatic heterocycles. The summed E-state index contributed by atoms with van der Waals surface area (Å²) < 4.78 is 5.84. The topological polar surface area (TPSA) is 92.7 Å². The number of nitrogens with one attached hydrogen (secondary N) is 1. The van der Waals surface area contributed by atoms with Gasteiger partial charge in [0, 0.05) is 30.1 Å². The van der Waals surface area contributed by atoms with E-state index < -0.39 is 5.41 Å². The van der Waals surface area contributed by atoms with E-state index in [0.29, 0.717) is 24.0 Å². The molecule has 5 fully saturated rings. The predicted octanol–water partition coefficient (Wildman–Crippen LogP) is 6.48. The number of amides is 1. The molecule has 0 spiro atoms. The zero-order valence-electron chi connectivity index (χ0n) is 25.0. The van der Waals surface area contributed by atoms with Crippen LogP contribution in [0, 0.1) is 56.2 Å². The Hall–Kier alpha value is -1.43. The number of hydrogen-bond donors (Lipinski definition) is 2. The fourth-order valence-corrected chi connectivity index (χ4v) is 11.6. The number of carbonyl (C=O) groups excluding carboxylic acids is 3. The highest BCUT2D eigenvalue weighted by atomic mass is 16.5. The Morgan fingerprint density at radius 1 is 0.868 bits per heavy atom. The molecule has 5 saturated carbocycles. The fraction of sp³-hybridized carbons (Fsp3) is 0.906. The van der Waals surface area contributed by atoms with Gasteiger partial charge < -0.3 is 4.74 Å². The molecule has 0 saturated heterocycles. The number of ketones is 1. The first-order chi connectivity index (χ1) is 17.5. The molecule has 0 radical (unpaired) electrons. The van der Waals surface area contributed by atoms with Crippen molar-refractivity contribution in [2.75, 3.05) is 0 Å². The second-order valence-corrected chi connectivity index (χ2v) is 16.1. The van der Waals surface area contributed by atoms with Crippen LogP contribution in [0.2, 0.25) is 0 Å². The maximum absolute atomic E-state index is 14.5. The molecule has 0 aromatic rings. The van der Waals surface area contributed by atoms with Gasteiger partial charge in [-0.2, -0.15) is 0 Å². The predicted molar refractivity (Wildman–Crippen MR) is 145 cm³/mol. The van der Waals surface area contributed by atoms with Crippen LogP contribution >= 0.6 is 0 Å². The Morgan fingerprint density at radius 2 is 1.53 bits per heavy atom. The van der Waals surface area contributed by atoms with E-state index in [2.05, 4.69) is 41.5 Å². The van der Waals surface area contributed by atoms with Gasteiger partial charge >= 0.3 is 5.97 Å². The highest BCUT2D eigenvalue weighted by Crippen LogP contribution is 2.76. The number of ether oxygens (including phenoxy) is 1. The molecule has 0 aromatic carbocycles. The molecule has 0 bridgehead atoms. The Bertz CT molecular complexity index is 1040. The third-order valence-corrected chi connectivity index (χ3v) is 14.1. The molecule has 6 heteroatoms. The van der Waals surface area contributed by atoms with E-state index in [1.54, 1.807) is 0 Å². The highest BCUT2D eigenvalue weighted by Gasteiger charge is 2.72. The van der Waals surface area contributed by atoms with Gasteiger partial charge in [-0.3, -0.25) is 19.6 Å². The van der Waals surface area contributed by atoms with Gasteiger partial charge in [0.05, 0.1) is 0 Å². The number of rotatable bonds is 2. The summed E-state index contributed by atoms with van der Waals surface area (Å²) in [5, 5.41) is 9.50. The Balaban J connectivity index is 1.52. The number of fused-ring (bicyclic) bond motifs is 7. The van der Waals surface area contributed by atoms with E-state index in [4.69, 9.17) is 4.74 Å². The molecular weight excluding hydrogens is 478 g/mol. The maximum atomic E-state index is 14.5. The molecule has 10 atom stereocenters. The number of hydroxylamine groups is 1. The van der Waals surface area contributed by atoms with Gasteiger partial charge in [-0.15, -0.1) is 0 Å². The minimum atomic E-state index is -0.596. The van der Waals surface area contributed by atoms with Crippen LogP contribution in [0.3, 0.4) is 0 Å². The molecule has 2 N–H and O–H groups in total. The molecule has 0 aliphatic heterocycles. The largest absolute Gasteiger partial charge is 0.462 e. The van der Waals surface area contributed by atoms with Crippen LogP contribution in [-0.4, -0.2) is 29.0 Å². The van der Waals surface area contributed by atoms with E-state index in [0.717, 1.165) is 57.8 Å². The van der Waals surface area contributed by atoms with Crippen LogP contribution < -0.4 is 5.48 Å². The van der Waals surface area contributed by atoms with E-state index in [9.17, 15) is 19.6 Å². The summed E-state index contributed by atoms with van der Waals surface area (Å²) in [7, 11) is 0. The summed E-state index contributed by atoms with van der Waals surface area (Å²) >= 11 is 0. The molecule has 214 valence electrons. The van der Waals surface area contributed by atoms with Crippen molar-refractivity contribution < 1.29 is 24.3 Å². The molecular formula is C32H51NO5. The van der Waals surface area contributed by atoms with Crippen LogP contribution in [0.4, 0.5) is 0 Å². The van der Waals surface area contributed by atoms with E-state index in [1.165, 1.54) is 6.92 Å². The zero-order valence-corrected chi connectivity index (χ0v) is 25.0. The Labute approximate surface area is 229 Å². The van der Waals surface area contributed by atoms with E-state index in [-0.39, 0.29) is 56.9 Å². The first-order valence-electron chi connectivity index (χ1n) is 15.1. The lowest BCUT2D eigenvalue weighted by molar-refractivity contribution is -0.244. The lowest BCUT2D eigenvalue weighted by Gasteiger charge is -2.72. The van der Waals surface area contributed by atoms with Crippen molar-refractivity contribution in [1.82, 2.24) is 5.48 Å². The summed E-state index contributed by atoms with van der Waals surface area (Å²) in [4.78, 5) is 39.1. The molecule has 6 nitrogen and oxygen atoms in total. The number of esters is 1. The number of Topliss-reactive ketones (excluding diaryl/α,β-unsaturated/α-hetero) is 1. The minimum Gasteiger partial charge on any atom is -0.462 e. The minimum absolute atomic E-state index is 0.00706. The van der Waals surface area contributed by atoms with Crippen molar-refractivity contribution in [3.05, 3.63) is 0 Å². The summed E-state index contributed by atoms with van der Waals surface area (Å²) in [6, 6.07) is 0. The maximum Gasteiger partial charge on any atom is 0.302 e. The second-order valence-electron chi connectivity index (χ2n) is 16.1. The monoisotopic (exact) mass is 529 g/mol. The highest BCUT2D eigenvalue weighted by molar-refractivity contribution is 5.85. The first-order valence-corrected chi connectivity index (χ1v) is 15.1. The number of carbonyl (C=O) groups is 3. The van der Waals surface area contributed by atoms with Crippen molar-refractivity contribution in [1.29, 1.82) is 0 Å². The van der Waals surface area contributed by atoms with Gasteiger partial charge in [0.15, 0.2) is 0 Å². The Kier molecular flexibility index (Phi) is 6.31. The van der Waals surface area contributed by atoms with Crippen LogP contribution in [-0.2, 0) is 19.1 Å². The summed E-state index contributed by atoms with van der Waals surface area (Å²) in [5.41, 5.74) is 1.12.